The molecule has 196 valence electrons. The molecule has 0 bridgehead atoms. The summed E-state index contributed by atoms with van der Waals surface area (Å²) in [6, 6.07) is 19.6. The molecule has 0 unspecified atom stereocenters. The van der Waals surface area contributed by atoms with Gasteiger partial charge < -0.3 is 19.5 Å². The Morgan fingerprint density at radius 3 is 2.58 bits per heavy atom. The van der Waals surface area contributed by atoms with Crippen LogP contribution in [0.1, 0.15) is 23.5 Å². The van der Waals surface area contributed by atoms with Crippen molar-refractivity contribution in [3.63, 3.8) is 0 Å². The largest absolute Gasteiger partial charge is 0.494 e. The van der Waals surface area contributed by atoms with Crippen molar-refractivity contribution in [3.05, 3.63) is 101 Å². The molecular formula is C26H23Cl2N5O3S2. The Hall–Kier alpha value is -3.31. The number of nitrogens with one attached hydrogen (secondary N) is 2. The molecule has 0 radical (unpaired) electrons. The molecule has 2 atom stereocenters. The van der Waals surface area contributed by atoms with Crippen molar-refractivity contribution in [2.45, 2.75) is 12.1 Å². The highest BCUT2D eigenvalue weighted by Gasteiger charge is 2.42. The summed E-state index contributed by atoms with van der Waals surface area (Å²) in [5, 5.41) is 4.95. The summed E-state index contributed by atoms with van der Waals surface area (Å²) in [5.74, 6) is 0.354. The molecule has 1 fully saturated rings. The van der Waals surface area contributed by atoms with Crippen molar-refractivity contribution >= 4 is 61.9 Å². The molecule has 1 saturated heterocycles. The highest BCUT2D eigenvalue weighted by atomic mass is 35.5. The van der Waals surface area contributed by atoms with Crippen molar-refractivity contribution in [2.75, 3.05) is 23.0 Å². The first-order valence-corrected chi connectivity index (χ1v) is 14.5. The Bertz CT molecular complexity index is 1610. The molecule has 0 saturated carbocycles. The Morgan fingerprint density at radius 1 is 1.08 bits per heavy atom. The van der Waals surface area contributed by atoms with Gasteiger partial charge in [-0.2, -0.15) is 0 Å². The van der Waals surface area contributed by atoms with E-state index in [1.165, 1.54) is 7.11 Å². The van der Waals surface area contributed by atoms with Gasteiger partial charge in [-0.3, -0.25) is 9.71 Å². The van der Waals surface area contributed by atoms with Gasteiger partial charge in [-0.15, -0.1) is 0 Å². The smallest absolute Gasteiger partial charge is 0.229 e. The van der Waals surface area contributed by atoms with Crippen molar-refractivity contribution in [1.29, 1.82) is 0 Å². The van der Waals surface area contributed by atoms with Crippen molar-refractivity contribution in [1.82, 2.24) is 14.9 Å². The van der Waals surface area contributed by atoms with Crippen molar-refractivity contribution in [2.24, 2.45) is 0 Å². The van der Waals surface area contributed by atoms with E-state index in [4.69, 9.17) is 40.2 Å². The molecule has 5 rings (SSSR count). The van der Waals surface area contributed by atoms with E-state index < -0.39 is 10.0 Å². The fourth-order valence-electron chi connectivity index (χ4n) is 4.58. The van der Waals surface area contributed by atoms with E-state index >= 15 is 0 Å². The van der Waals surface area contributed by atoms with Crippen LogP contribution in [-0.4, -0.2) is 36.4 Å². The number of methoxy groups -OCH3 is 1. The number of benzene rings is 2. The second kappa shape index (κ2) is 10.5. The summed E-state index contributed by atoms with van der Waals surface area (Å²) in [6.45, 7) is 0. The number of aromatic nitrogens is 2. The third-order valence-corrected chi connectivity index (χ3v) is 7.55. The first-order chi connectivity index (χ1) is 18.2. The minimum Gasteiger partial charge on any atom is -0.494 e. The summed E-state index contributed by atoms with van der Waals surface area (Å²) >= 11 is 18.6. The van der Waals surface area contributed by atoms with E-state index in [0.29, 0.717) is 32.3 Å². The number of pyridine rings is 1. The maximum absolute atomic E-state index is 11.9. The monoisotopic (exact) mass is 587 g/mol. The van der Waals surface area contributed by atoms with Gasteiger partial charge in [0.15, 0.2) is 5.11 Å². The third-order valence-electron chi connectivity index (χ3n) is 6.11. The predicted octanol–water partition coefficient (Wildman–Crippen LogP) is 5.74. The van der Waals surface area contributed by atoms with Gasteiger partial charge in [0.1, 0.15) is 11.8 Å². The van der Waals surface area contributed by atoms with Gasteiger partial charge in [0.25, 0.3) is 0 Å². The fourth-order valence-corrected chi connectivity index (χ4v) is 5.99. The molecule has 2 aromatic heterocycles. The Morgan fingerprint density at radius 2 is 1.89 bits per heavy atom. The highest BCUT2D eigenvalue weighted by Crippen LogP contribution is 2.44. The highest BCUT2D eigenvalue weighted by molar-refractivity contribution is 7.92. The zero-order valence-corrected chi connectivity index (χ0v) is 23.4. The molecule has 12 heteroatoms. The second-order valence-corrected chi connectivity index (χ2v) is 11.6. The van der Waals surface area contributed by atoms with Gasteiger partial charge in [-0.25, -0.2) is 8.42 Å². The van der Waals surface area contributed by atoms with Crippen LogP contribution in [0.2, 0.25) is 10.0 Å². The van der Waals surface area contributed by atoms with Gasteiger partial charge in [0.05, 0.1) is 41.5 Å². The average molecular weight is 589 g/mol. The molecule has 0 spiro atoms. The van der Waals surface area contributed by atoms with E-state index in [1.807, 2.05) is 52.1 Å². The number of thiocarbonyl (C=S) groups is 1. The van der Waals surface area contributed by atoms with Crippen LogP contribution < -0.4 is 19.7 Å². The van der Waals surface area contributed by atoms with Crippen LogP contribution in [0.5, 0.6) is 5.75 Å². The number of hydrogen-bond acceptors (Lipinski definition) is 5. The standard InChI is InChI=1S/C26H23Cl2N5O3S2/c1-36-23-15-17(9-10-19(23)31-38(2,34)35)33-25(24(30-26(33)37)20-6-3-4-12-29-20)22-7-5-13-32(22)21-11-8-16(27)14-18(21)28/h3-15,24-25,31H,1-2H3,(H,30,37)/t24-,25-/m1/s1. The lowest BCUT2D eigenvalue weighted by Crippen LogP contribution is -2.30. The van der Waals surface area contributed by atoms with Gasteiger partial charge in [0, 0.05) is 34.9 Å². The number of nitrogens with zero attached hydrogens (tertiary/aromatic N) is 3. The number of halogens is 2. The normalized spacial score (nSPS) is 17.4. The molecule has 38 heavy (non-hydrogen) atoms. The van der Waals surface area contributed by atoms with Gasteiger partial charge in [-0.1, -0.05) is 29.3 Å². The molecule has 3 heterocycles. The SMILES string of the molecule is COc1cc(N2C(=S)N[C@H](c3ccccn3)[C@H]2c2cccn2-c2ccc(Cl)cc2Cl)ccc1NS(C)(=O)=O. The minimum absolute atomic E-state index is 0.303. The minimum atomic E-state index is -3.50. The number of sulfonamides is 1. The van der Waals surface area contributed by atoms with Crippen LogP contribution in [0.4, 0.5) is 11.4 Å². The van der Waals surface area contributed by atoms with E-state index in [2.05, 4.69) is 15.0 Å². The summed E-state index contributed by atoms with van der Waals surface area (Å²) in [7, 11) is -2.02. The van der Waals surface area contributed by atoms with Crippen molar-refractivity contribution < 1.29 is 13.2 Å². The molecular weight excluding hydrogens is 565 g/mol. The zero-order chi connectivity index (χ0) is 27.0. The first-order valence-electron chi connectivity index (χ1n) is 11.5. The molecule has 2 N–H and O–H groups in total. The maximum atomic E-state index is 11.9. The molecule has 1 aliphatic rings. The topological polar surface area (TPSA) is 88.5 Å². The van der Waals surface area contributed by atoms with E-state index in [9.17, 15) is 8.42 Å². The molecule has 2 aromatic carbocycles. The summed E-state index contributed by atoms with van der Waals surface area (Å²) in [6.07, 6.45) is 4.76. The Labute approximate surface area is 236 Å². The Kier molecular flexibility index (Phi) is 7.23. The van der Waals surface area contributed by atoms with Crippen LogP contribution in [-0.2, 0) is 10.0 Å². The second-order valence-electron chi connectivity index (χ2n) is 8.65. The van der Waals surface area contributed by atoms with Gasteiger partial charge >= 0.3 is 0 Å². The summed E-state index contributed by atoms with van der Waals surface area (Å²) < 4.78 is 33.7. The average Bonchev–Trinajstić information content (AvgIpc) is 3.48. The molecule has 8 nitrogen and oxygen atoms in total. The van der Waals surface area contributed by atoms with Crippen LogP contribution in [0.25, 0.3) is 5.69 Å². The van der Waals surface area contributed by atoms with E-state index in [0.717, 1.165) is 23.3 Å². The quantitative estimate of drug-likeness (QED) is 0.267. The number of anilines is 2. The molecule has 0 aliphatic carbocycles. The van der Waals surface area contributed by atoms with Crippen molar-refractivity contribution in [3.8, 4) is 11.4 Å². The van der Waals surface area contributed by atoms with Gasteiger partial charge in [0.2, 0.25) is 10.0 Å². The van der Waals surface area contributed by atoms with Gasteiger partial charge in [-0.05, 0) is 66.8 Å². The van der Waals surface area contributed by atoms with Crippen LogP contribution in [0, 0.1) is 0 Å². The predicted molar refractivity (Wildman–Crippen MR) is 155 cm³/mol. The van der Waals surface area contributed by atoms with Crippen LogP contribution in [0.3, 0.4) is 0 Å². The lowest BCUT2D eigenvalue weighted by molar-refractivity contribution is 0.417. The lowest BCUT2D eigenvalue weighted by Gasteiger charge is -2.29. The number of hydrogen-bond donors (Lipinski definition) is 2. The fraction of sp³-hybridized carbons (Fsp3) is 0.154. The first kappa shape index (κ1) is 26.3. The van der Waals surface area contributed by atoms with Crippen LogP contribution in [0.15, 0.2) is 79.1 Å². The maximum Gasteiger partial charge on any atom is 0.229 e. The van der Waals surface area contributed by atoms with E-state index in [-0.39, 0.29) is 12.1 Å². The summed E-state index contributed by atoms with van der Waals surface area (Å²) in [4.78, 5) is 6.57. The Balaban J connectivity index is 1.66. The lowest BCUT2D eigenvalue weighted by atomic mass is 10.0. The third kappa shape index (κ3) is 5.17. The molecule has 1 aliphatic heterocycles. The zero-order valence-electron chi connectivity index (χ0n) is 20.3. The molecule has 0 amide bonds. The van der Waals surface area contributed by atoms with E-state index in [1.54, 1.807) is 36.5 Å². The number of rotatable bonds is 7. The van der Waals surface area contributed by atoms with Crippen LogP contribution >= 0.6 is 35.4 Å². The number of ether oxygens (including phenoxy) is 1. The molecule has 4 aromatic rings. The summed E-state index contributed by atoms with van der Waals surface area (Å²) in [5.41, 5.74) is 3.50.